The monoisotopic (exact) mass is 606 g/mol. The largest absolute Gasteiger partial charge is 0.361 e. The van der Waals surface area contributed by atoms with Crippen LogP contribution < -0.4 is 16.0 Å². The standard InChI is InChI=1S/C30H35FN6O3SSi/c1-20(38)33-26-18-22(13-14-32-26)28-27(36-30(41-2)37(28)19-40-15-16-42(3,4)5)21-7-6-8-25(17-21)35-29(39)34-24-11-9-23(31)10-12-24/h6-14,17-18H,15-16,19H2,1-5H3,(H,32,33,38)(H2,34,35,39). The molecule has 0 radical (unpaired) electrons. The van der Waals surface area contributed by atoms with Crippen LogP contribution in [0.4, 0.5) is 26.4 Å². The second kappa shape index (κ2) is 13.8. The Kier molecular flexibility index (Phi) is 10.1. The molecule has 42 heavy (non-hydrogen) atoms. The minimum absolute atomic E-state index is 0.217. The van der Waals surface area contributed by atoms with E-state index in [9.17, 15) is 14.0 Å². The van der Waals surface area contributed by atoms with Crippen molar-refractivity contribution in [2.45, 2.75) is 44.5 Å². The summed E-state index contributed by atoms with van der Waals surface area (Å²) in [4.78, 5) is 33.6. The van der Waals surface area contributed by atoms with Gasteiger partial charge >= 0.3 is 6.03 Å². The Morgan fingerprint density at radius 3 is 2.40 bits per heavy atom. The summed E-state index contributed by atoms with van der Waals surface area (Å²) in [5.74, 6) is -0.171. The Morgan fingerprint density at radius 1 is 0.976 bits per heavy atom. The van der Waals surface area contributed by atoms with Crippen molar-refractivity contribution >= 4 is 49.0 Å². The van der Waals surface area contributed by atoms with E-state index in [-0.39, 0.29) is 11.7 Å². The van der Waals surface area contributed by atoms with Gasteiger partial charge in [-0.25, -0.2) is 19.2 Å². The minimum Gasteiger partial charge on any atom is -0.361 e. The molecule has 220 valence electrons. The van der Waals surface area contributed by atoms with Crippen LogP contribution in [-0.2, 0) is 16.3 Å². The molecule has 4 aromatic rings. The van der Waals surface area contributed by atoms with Gasteiger partial charge in [-0.1, -0.05) is 43.5 Å². The van der Waals surface area contributed by atoms with E-state index < -0.39 is 14.1 Å². The van der Waals surface area contributed by atoms with E-state index in [2.05, 4.69) is 40.6 Å². The fraction of sp³-hybridized carbons (Fsp3) is 0.267. The summed E-state index contributed by atoms with van der Waals surface area (Å²) in [7, 11) is -1.27. The third-order valence-electron chi connectivity index (χ3n) is 6.17. The predicted octanol–water partition coefficient (Wildman–Crippen LogP) is 7.39. The van der Waals surface area contributed by atoms with Crippen molar-refractivity contribution in [1.82, 2.24) is 14.5 Å². The van der Waals surface area contributed by atoms with Crippen LogP contribution in [-0.4, -0.2) is 47.4 Å². The van der Waals surface area contributed by atoms with Gasteiger partial charge < -0.3 is 20.7 Å². The first kappa shape index (κ1) is 30.9. The number of rotatable bonds is 11. The number of thioether (sulfide) groups is 1. The number of carbonyl (C=O) groups excluding carboxylic acids is 2. The van der Waals surface area contributed by atoms with Gasteiger partial charge in [0.15, 0.2) is 5.16 Å². The molecule has 12 heteroatoms. The molecule has 2 heterocycles. The van der Waals surface area contributed by atoms with Crippen LogP contribution in [0, 0.1) is 5.82 Å². The quantitative estimate of drug-likeness (QED) is 0.0933. The third-order valence-corrected chi connectivity index (χ3v) is 8.55. The lowest BCUT2D eigenvalue weighted by Crippen LogP contribution is -2.22. The van der Waals surface area contributed by atoms with Crippen LogP contribution in [0.15, 0.2) is 72.0 Å². The maximum absolute atomic E-state index is 13.2. The van der Waals surface area contributed by atoms with E-state index in [0.29, 0.717) is 36.2 Å². The molecule has 0 aliphatic rings. The molecule has 0 saturated carbocycles. The Balaban J connectivity index is 1.69. The van der Waals surface area contributed by atoms with Crippen molar-refractivity contribution in [3.63, 3.8) is 0 Å². The smallest absolute Gasteiger partial charge is 0.323 e. The summed E-state index contributed by atoms with van der Waals surface area (Å²) in [6, 6.07) is 17.2. The van der Waals surface area contributed by atoms with Crippen molar-refractivity contribution in [1.29, 1.82) is 0 Å². The number of aromatic nitrogens is 3. The molecule has 0 bridgehead atoms. The number of imidazole rings is 1. The van der Waals surface area contributed by atoms with E-state index in [0.717, 1.165) is 28.0 Å². The van der Waals surface area contributed by atoms with Crippen molar-refractivity contribution in [2.75, 3.05) is 28.8 Å². The van der Waals surface area contributed by atoms with Gasteiger partial charge in [0.25, 0.3) is 0 Å². The number of halogens is 1. The molecule has 0 unspecified atom stereocenters. The van der Waals surface area contributed by atoms with E-state index in [1.807, 2.05) is 41.2 Å². The van der Waals surface area contributed by atoms with Gasteiger partial charge in [0, 0.05) is 50.3 Å². The van der Waals surface area contributed by atoms with Gasteiger partial charge in [0.1, 0.15) is 18.4 Å². The number of ether oxygens (including phenoxy) is 1. The zero-order chi connectivity index (χ0) is 30.3. The molecular formula is C30H35FN6O3SSi. The molecule has 4 rings (SSSR count). The number of pyridine rings is 1. The molecule has 0 atom stereocenters. The second-order valence-corrected chi connectivity index (χ2v) is 17.2. The van der Waals surface area contributed by atoms with Gasteiger partial charge in [0.05, 0.1) is 11.4 Å². The number of hydrogen-bond acceptors (Lipinski definition) is 6. The number of anilines is 3. The van der Waals surface area contributed by atoms with Crippen LogP contribution in [0.25, 0.3) is 22.5 Å². The molecule has 0 fully saturated rings. The first-order valence-corrected chi connectivity index (χ1v) is 18.4. The van der Waals surface area contributed by atoms with Crippen LogP contribution in [0.5, 0.6) is 0 Å². The SMILES string of the molecule is CSc1nc(-c2cccc(NC(=O)Nc3ccc(F)cc3)c2)c(-c2ccnc(NC(C)=O)c2)n1COCC[Si](C)(C)C. The van der Waals surface area contributed by atoms with Gasteiger partial charge in [-0.05, 0) is 60.8 Å². The minimum atomic E-state index is -1.27. The summed E-state index contributed by atoms with van der Waals surface area (Å²) < 4.78 is 21.4. The first-order chi connectivity index (χ1) is 20.0. The van der Waals surface area contributed by atoms with Crippen LogP contribution in [0.2, 0.25) is 25.7 Å². The predicted molar refractivity (Wildman–Crippen MR) is 170 cm³/mol. The number of nitrogens with one attached hydrogen (secondary N) is 3. The Morgan fingerprint density at radius 2 is 1.71 bits per heavy atom. The highest BCUT2D eigenvalue weighted by atomic mass is 32.2. The molecule has 9 nitrogen and oxygen atoms in total. The van der Waals surface area contributed by atoms with Crippen molar-refractivity contribution < 1.29 is 18.7 Å². The molecule has 3 N–H and O–H groups in total. The number of carbonyl (C=O) groups is 2. The van der Waals surface area contributed by atoms with E-state index >= 15 is 0 Å². The lowest BCUT2D eigenvalue weighted by atomic mass is 10.0. The fourth-order valence-electron chi connectivity index (χ4n) is 4.13. The average molecular weight is 607 g/mol. The van der Waals surface area contributed by atoms with Crippen molar-refractivity contribution in [3.8, 4) is 22.5 Å². The maximum Gasteiger partial charge on any atom is 0.323 e. The zero-order valence-electron chi connectivity index (χ0n) is 24.3. The molecule has 0 spiro atoms. The topological polar surface area (TPSA) is 110 Å². The van der Waals surface area contributed by atoms with Gasteiger partial charge in [0.2, 0.25) is 5.91 Å². The summed E-state index contributed by atoms with van der Waals surface area (Å²) >= 11 is 1.50. The Labute approximate surface area is 250 Å². The van der Waals surface area contributed by atoms with Gasteiger partial charge in [-0.15, -0.1) is 0 Å². The average Bonchev–Trinajstić information content (AvgIpc) is 3.30. The molecule has 2 aromatic heterocycles. The van der Waals surface area contributed by atoms with Crippen LogP contribution >= 0.6 is 11.8 Å². The number of urea groups is 1. The highest BCUT2D eigenvalue weighted by Gasteiger charge is 2.22. The maximum atomic E-state index is 13.2. The fourth-order valence-corrected chi connectivity index (χ4v) is 5.44. The summed E-state index contributed by atoms with van der Waals surface area (Å²) in [5, 5.41) is 9.05. The second-order valence-electron chi connectivity index (χ2n) is 10.8. The molecule has 0 aliphatic heterocycles. The lowest BCUT2D eigenvalue weighted by molar-refractivity contribution is -0.114. The van der Waals surface area contributed by atoms with Crippen molar-refractivity contribution in [2.24, 2.45) is 0 Å². The lowest BCUT2D eigenvalue weighted by Gasteiger charge is -2.17. The first-order valence-electron chi connectivity index (χ1n) is 13.4. The number of hydrogen-bond donors (Lipinski definition) is 3. The zero-order valence-corrected chi connectivity index (χ0v) is 26.1. The molecule has 0 aliphatic carbocycles. The number of nitrogens with zero attached hydrogens (tertiary/aromatic N) is 3. The van der Waals surface area contributed by atoms with Crippen LogP contribution in [0.3, 0.4) is 0 Å². The van der Waals surface area contributed by atoms with E-state index in [4.69, 9.17) is 9.72 Å². The van der Waals surface area contributed by atoms with E-state index in [1.54, 1.807) is 12.3 Å². The molecule has 0 saturated heterocycles. The third kappa shape index (κ3) is 8.51. The van der Waals surface area contributed by atoms with Gasteiger partial charge in [-0.2, -0.15) is 0 Å². The number of amides is 3. The summed E-state index contributed by atoms with van der Waals surface area (Å²) in [5.41, 5.74) is 4.09. The normalized spacial score (nSPS) is 11.3. The Hall–Kier alpha value is -4.00. The number of benzene rings is 2. The molecule has 2 aromatic carbocycles. The van der Waals surface area contributed by atoms with Gasteiger partial charge in [-0.3, -0.25) is 9.36 Å². The van der Waals surface area contributed by atoms with E-state index in [1.165, 1.54) is 43.0 Å². The highest BCUT2D eigenvalue weighted by Crippen LogP contribution is 2.37. The van der Waals surface area contributed by atoms with Crippen molar-refractivity contribution in [3.05, 3.63) is 72.7 Å². The molecular weight excluding hydrogens is 572 g/mol. The summed E-state index contributed by atoms with van der Waals surface area (Å²) in [6.45, 7) is 9.32. The highest BCUT2D eigenvalue weighted by molar-refractivity contribution is 7.98. The van der Waals surface area contributed by atoms with Crippen LogP contribution in [0.1, 0.15) is 6.92 Å². The Bertz CT molecular complexity index is 1560. The summed E-state index contributed by atoms with van der Waals surface area (Å²) in [6.07, 6.45) is 3.60. The molecule has 3 amide bonds.